The quantitative estimate of drug-likeness (QED) is 0.387. The number of ketones is 1. The Hall–Kier alpha value is -1.97. The number of nitrogens with two attached hydrogens (primary N) is 1. The lowest BCUT2D eigenvalue weighted by atomic mass is 10.1. The van der Waals surface area contributed by atoms with E-state index >= 15 is 0 Å². The standard InChI is InChI=1S/C14H13ClN2O3S/c1-8(17)11(6-16)13(18)7-20-14(19)10-5-9(21-2)3-4-12(10)15/h3-5H,7,17H2,1-2H3/b11-8+. The number of nitriles is 1. The van der Waals surface area contributed by atoms with Crippen LogP contribution in [-0.4, -0.2) is 24.6 Å². The van der Waals surface area contributed by atoms with Gasteiger partial charge in [-0.05, 0) is 31.4 Å². The molecule has 0 bridgehead atoms. The van der Waals surface area contributed by atoms with E-state index in [1.54, 1.807) is 24.3 Å². The number of hydrogen-bond acceptors (Lipinski definition) is 6. The Labute approximate surface area is 131 Å². The van der Waals surface area contributed by atoms with Gasteiger partial charge in [0.15, 0.2) is 6.61 Å². The van der Waals surface area contributed by atoms with E-state index in [0.717, 1.165) is 4.90 Å². The molecule has 0 saturated heterocycles. The first-order chi connectivity index (χ1) is 9.90. The fourth-order valence-electron chi connectivity index (χ4n) is 1.44. The van der Waals surface area contributed by atoms with Gasteiger partial charge in [0.25, 0.3) is 0 Å². The second kappa shape index (κ2) is 7.72. The predicted octanol–water partition coefficient (Wildman–Crippen LogP) is 2.54. The Kier molecular flexibility index (Phi) is 6.28. The van der Waals surface area contributed by atoms with Crippen molar-refractivity contribution < 1.29 is 14.3 Å². The molecule has 0 unspecified atom stereocenters. The van der Waals surface area contributed by atoms with Crippen molar-refractivity contribution in [3.05, 3.63) is 40.1 Å². The fraction of sp³-hybridized carbons (Fsp3) is 0.214. The number of carbonyl (C=O) groups is 2. The molecule has 0 saturated carbocycles. The van der Waals surface area contributed by atoms with E-state index < -0.39 is 18.4 Å². The number of Topliss-reactive ketones (excluding diaryl/α,β-unsaturated/α-hetero) is 1. The van der Waals surface area contributed by atoms with E-state index in [-0.39, 0.29) is 21.9 Å². The second-order valence-electron chi connectivity index (χ2n) is 4.01. The first kappa shape index (κ1) is 17.1. The van der Waals surface area contributed by atoms with Crippen molar-refractivity contribution in [3.8, 4) is 6.07 Å². The molecule has 0 radical (unpaired) electrons. The second-order valence-corrected chi connectivity index (χ2v) is 5.30. The largest absolute Gasteiger partial charge is 0.454 e. The highest BCUT2D eigenvalue weighted by Crippen LogP contribution is 2.23. The van der Waals surface area contributed by atoms with Crippen molar-refractivity contribution >= 4 is 35.1 Å². The molecular weight excluding hydrogens is 312 g/mol. The number of allylic oxidation sites excluding steroid dienone is 1. The zero-order valence-corrected chi connectivity index (χ0v) is 13.0. The van der Waals surface area contributed by atoms with Crippen LogP contribution in [0.5, 0.6) is 0 Å². The normalized spacial score (nSPS) is 11.3. The maximum atomic E-state index is 11.9. The first-order valence-corrected chi connectivity index (χ1v) is 7.41. The molecule has 7 heteroatoms. The van der Waals surface area contributed by atoms with Gasteiger partial charge in [-0.2, -0.15) is 5.26 Å². The molecule has 1 rings (SSSR count). The molecule has 2 N–H and O–H groups in total. The van der Waals surface area contributed by atoms with E-state index in [0.29, 0.717) is 0 Å². The van der Waals surface area contributed by atoms with E-state index in [2.05, 4.69) is 0 Å². The summed E-state index contributed by atoms with van der Waals surface area (Å²) in [4.78, 5) is 24.4. The lowest BCUT2D eigenvalue weighted by Crippen LogP contribution is -2.17. The smallest absolute Gasteiger partial charge is 0.340 e. The van der Waals surface area contributed by atoms with Gasteiger partial charge in [-0.1, -0.05) is 11.6 Å². The van der Waals surface area contributed by atoms with Crippen LogP contribution in [-0.2, 0) is 9.53 Å². The Balaban J connectivity index is 2.82. The van der Waals surface area contributed by atoms with E-state index in [9.17, 15) is 9.59 Å². The maximum absolute atomic E-state index is 11.9. The predicted molar refractivity (Wildman–Crippen MR) is 81.0 cm³/mol. The molecule has 0 aliphatic rings. The van der Waals surface area contributed by atoms with Gasteiger partial charge >= 0.3 is 5.97 Å². The Morgan fingerprint density at radius 1 is 1.48 bits per heavy atom. The molecule has 110 valence electrons. The van der Waals surface area contributed by atoms with Gasteiger partial charge < -0.3 is 10.5 Å². The average molecular weight is 325 g/mol. The number of nitrogens with zero attached hydrogens (tertiary/aromatic N) is 1. The minimum atomic E-state index is -0.726. The summed E-state index contributed by atoms with van der Waals surface area (Å²) in [7, 11) is 0. The van der Waals surface area contributed by atoms with Crippen LogP contribution in [0.3, 0.4) is 0 Å². The van der Waals surface area contributed by atoms with Crippen LogP contribution in [0, 0.1) is 11.3 Å². The van der Waals surface area contributed by atoms with Crippen LogP contribution >= 0.6 is 23.4 Å². The number of rotatable bonds is 5. The molecular formula is C14H13ClN2O3S. The zero-order valence-electron chi connectivity index (χ0n) is 11.5. The number of benzene rings is 1. The summed E-state index contributed by atoms with van der Waals surface area (Å²) in [5.41, 5.74) is 5.44. The minimum Gasteiger partial charge on any atom is -0.454 e. The van der Waals surface area contributed by atoms with Crippen LogP contribution in [0.4, 0.5) is 0 Å². The molecule has 0 heterocycles. The van der Waals surface area contributed by atoms with E-state index in [4.69, 9.17) is 27.3 Å². The number of carbonyl (C=O) groups excluding carboxylic acids is 2. The van der Waals surface area contributed by atoms with Crippen LogP contribution in [0.2, 0.25) is 5.02 Å². The van der Waals surface area contributed by atoms with Crippen LogP contribution in [0.15, 0.2) is 34.4 Å². The summed E-state index contributed by atoms with van der Waals surface area (Å²) < 4.78 is 4.88. The van der Waals surface area contributed by atoms with Gasteiger partial charge in [0.05, 0.1) is 10.6 Å². The molecule has 1 aromatic rings. The third-order valence-electron chi connectivity index (χ3n) is 2.51. The molecule has 0 atom stereocenters. The summed E-state index contributed by atoms with van der Waals surface area (Å²) in [6, 6.07) is 6.60. The highest BCUT2D eigenvalue weighted by atomic mass is 35.5. The third-order valence-corrected chi connectivity index (χ3v) is 3.57. The SMILES string of the molecule is CSc1ccc(Cl)c(C(=O)OCC(=O)/C(C#N)=C(\C)N)c1. The number of ether oxygens (including phenoxy) is 1. The van der Waals surface area contributed by atoms with Crippen LogP contribution in [0.1, 0.15) is 17.3 Å². The summed E-state index contributed by atoms with van der Waals surface area (Å²) >= 11 is 7.37. The Morgan fingerprint density at radius 3 is 2.67 bits per heavy atom. The van der Waals surface area contributed by atoms with Crippen molar-refractivity contribution in [2.24, 2.45) is 5.73 Å². The number of halogens is 1. The molecule has 5 nitrogen and oxygen atoms in total. The minimum absolute atomic E-state index is 0.0842. The number of thioether (sulfide) groups is 1. The first-order valence-electron chi connectivity index (χ1n) is 5.81. The molecule has 0 aliphatic carbocycles. The van der Waals surface area contributed by atoms with E-state index in [1.807, 2.05) is 6.26 Å². The summed E-state index contributed by atoms with van der Waals surface area (Å²) in [6.45, 7) is 0.868. The van der Waals surface area contributed by atoms with Crippen molar-refractivity contribution in [1.82, 2.24) is 0 Å². The molecule has 1 aromatic carbocycles. The fourth-order valence-corrected chi connectivity index (χ4v) is 2.07. The molecule has 0 aliphatic heterocycles. The van der Waals surface area contributed by atoms with Gasteiger partial charge in [-0.3, -0.25) is 4.79 Å². The third kappa shape index (κ3) is 4.52. The highest BCUT2D eigenvalue weighted by Gasteiger charge is 2.17. The van der Waals surface area contributed by atoms with Crippen molar-refractivity contribution in [3.63, 3.8) is 0 Å². The summed E-state index contributed by atoms with van der Waals surface area (Å²) in [6.07, 6.45) is 1.86. The number of esters is 1. The maximum Gasteiger partial charge on any atom is 0.340 e. The highest BCUT2D eigenvalue weighted by molar-refractivity contribution is 7.98. The lowest BCUT2D eigenvalue weighted by Gasteiger charge is -2.07. The Morgan fingerprint density at radius 2 is 2.14 bits per heavy atom. The molecule has 0 spiro atoms. The van der Waals surface area contributed by atoms with Crippen LogP contribution < -0.4 is 5.73 Å². The lowest BCUT2D eigenvalue weighted by molar-refractivity contribution is -0.118. The topological polar surface area (TPSA) is 93.2 Å². The van der Waals surface area contributed by atoms with Gasteiger partial charge in [-0.15, -0.1) is 11.8 Å². The monoisotopic (exact) mass is 324 g/mol. The molecule has 21 heavy (non-hydrogen) atoms. The Bertz CT molecular complexity index is 646. The average Bonchev–Trinajstić information content (AvgIpc) is 2.45. The van der Waals surface area contributed by atoms with Gasteiger partial charge in [0.1, 0.15) is 11.6 Å². The van der Waals surface area contributed by atoms with E-state index in [1.165, 1.54) is 18.7 Å². The van der Waals surface area contributed by atoms with Crippen LogP contribution in [0.25, 0.3) is 0 Å². The summed E-state index contributed by atoms with van der Waals surface area (Å²) in [5.74, 6) is -1.38. The number of hydrogen-bond donors (Lipinski definition) is 1. The molecule has 0 amide bonds. The summed E-state index contributed by atoms with van der Waals surface area (Å²) in [5, 5.41) is 9.02. The molecule has 0 fully saturated rings. The van der Waals surface area contributed by atoms with Crippen molar-refractivity contribution in [1.29, 1.82) is 5.26 Å². The van der Waals surface area contributed by atoms with Gasteiger partial charge in [0.2, 0.25) is 5.78 Å². The molecule has 0 aromatic heterocycles. The zero-order chi connectivity index (χ0) is 16.0. The van der Waals surface area contributed by atoms with Crippen molar-refractivity contribution in [2.45, 2.75) is 11.8 Å². The van der Waals surface area contributed by atoms with Gasteiger partial charge in [0, 0.05) is 10.6 Å². The van der Waals surface area contributed by atoms with Crippen molar-refractivity contribution in [2.75, 3.05) is 12.9 Å². The van der Waals surface area contributed by atoms with Gasteiger partial charge in [-0.25, -0.2) is 4.79 Å².